The van der Waals surface area contributed by atoms with E-state index in [9.17, 15) is 0 Å². The Hall–Kier alpha value is -2.13. The van der Waals surface area contributed by atoms with Gasteiger partial charge in [-0.2, -0.15) is 5.10 Å². The molecule has 0 saturated carbocycles. The molecule has 0 bridgehead atoms. The van der Waals surface area contributed by atoms with Gasteiger partial charge in [-0.15, -0.1) is 0 Å². The Balaban J connectivity index is 1.85. The van der Waals surface area contributed by atoms with E-state index in [0.29, 0.717) is 12.0 Å². The van der Waals surface area contributed by atoms with Crippen LogP contribution in [0.1, 0.15) is 35.6 Å². The first-order valence-electron chi connectivity index (χ1n) is 7.46. The molecule has 0 aliphatic carbocycles. The summed E-state index contributed by atoms with van der Waals surface area (Å²) in [6.07, 6.45) is 1.90. The Labute approximate surface area is 124 Å². The number of H-pyrrole nitrogens is 1. The highest BCUT2D eigenvalue weighted by Crippen LogP contribution is 2.38. The highest BCUT2D eigenvalue weighted by atomic mass is 15.1. The van der Waals surface area contributed by atoms with Crippen LogP contribution in [0.25, 0.3) is 10.9 Å². The molecule has 0 radical (unpaired) electrons. The molecule has 4 rings (SSSR count). The maximum Gasteiger partial charge on any atom is 0.0650 e. The van der Waals surface area contributed by atoms with E-state index in [1.807, 2.05) is 6.20 Å². The van der Waals surface area contributed by atoms with Crippen molar-refractivity contribution in [2.24, 2.45) is 0 Å². The maximum absolute atomic E-state index is 4.12. The molecule has 1 aliphatic heterocycles. The molecule has 3 nitrogen and oxygen atoms in total. The average molecular weight is 277 g/mol. The molecule has 0 spiro atoms. The number of aromatic amines is 1. The minimum absolute atomic E-state index is 0.432. The van der Waals surface area contributed by atoms with Crippen molar-refractivity contribution in [1.29, 1.82) is 0 Å². The van der Waals surface area contributed by atoms with Gasteiger partial charge in [0.2, 0.25) is 0 Å². The summed E-state index contributed by atoms with van der Waals surface area (Å²) in [6, 6.07) is 16.0. The molecule has 2 heterocycles. The fourth-order valence-electron chi connectivity index (χ4n) is 3.45. The van der Waals surface area contributed by atoms with Gasteiger partial charge in [0.05, 0.1) is 11.7 Å². The first-order valence-corrected chi connectivity index (χ1v) is 7.46. The number of aromatic nitrogens is 2. The van der Waals surface area contributed by atoms with Gasteiger partial charge >= 0.3 is 0 Å². The summed E-state index contributed by atoms with van der Waals surface area (Å²) < 4.78 is 0. The van der Waals surface area contributed by atoms with Crippen LogP contribution >= 0.6 is 0 Å². The normalized spacial score (nSPS) is 22.4. The lowest BCUT2D eigenvalue weighted by Crippen LogP contribution is -2.33. The van der Waals surface area contributed by atoms with E-state index in [4.69, 9.17) is 0 Å². The van der Waals surface area contributed by atoms with Crippen LogP contribution in [0, 0.1) is 0 Å². The van der Waals surface area contributed by atoms with Crippen molar-refractivity contribution in [2.75, 3.05) is 13.6 Å². The van der Waals surface area contributed by atoms with Crippen molar-refractivity contribution in [3.63, 3.8) is 0 Å². The molecule has 21 heavy (non-hydrogen) atoms. The number of fused-ring (bicyclic) bond motifs is 2. The van der Waals surface area contributed by atoms with E-state index in [-0.39, 0.29) is 0 Å². The van der Waals surface area contributed by atoms with E-state index >= 15 is 0 Å². The number of benzene rings is 2. The first-order chi connectivity index (χ1) is 10.2. The van der Waals surface area contributed by atoms with Crippen molar-refractivity contribution in [3.8, 4) is 0 Å². The zero-order valence-electron chi connectivity index (χ0n) is 12.4. The minimum Gasteiger partial charge on any atom is -0.299 e. The summed E-state index contributed by atoms with van der Waals surface area (Å²) in [5.74, 6) is 0.432. The van der Waals surface area contributed by atoms with E-state index in [1.165, 1.54) is 22.1 Å². The molecule has 1 aromatic heterocycles. The van der Waals surface area contributed by atoms with Crippen LogP contribution < -0.4 is 0 Å². The predicted molar refractivity (Wildman–Crippen MR) is 85.4 cm³/mol. The van der Waals surface area contributed by atoms with Crippen LogP contribution in [0.4, 0.5) is 0 Å². The van der Waals surface area contributed by atoms with Crippen LogP contribution in [0.3, 0.4) is 0 Å². The van der Waals surface area contributed by atoms with E-state index in [0.717, 1.165) is 12.1 Å². The van der Waals surface area contributed by atoms with E-state index in [1.54, 1.807) is 0 Å². The van der Waals surface area contributed by atoms with Gasteiger partial charge in [0.15, 0.2) is 0 Å². The van der Waals surface area contributed by atoms with Crippen molar-refractivity contribution < 1.29 is 0 Å². The van der Waals surface area contributed by atoms with Gasteiger partial charge in [0.25, 0.3) is 0 Å². The van der Waals surface area contributed by atoms with Gasteiger partial charge in [-0.25, -0.2) is 0 Å². The smallest absolute Gasteiger partial charge is 0.0650 e. The van der Waals surface area contributed by atoms with Crippen LogP contribution in [0.2, 0.25) is 0 Å². The van der Waals surface area contributed by atoms with Gasteiger partial charge in [-0.1, -0.05) is 30.3 Å². The Morgan fingerprint density at radius 3 is 2.81 bits per heavy atom. The Kier molecular flexibility index (Phi) is 2.82. The molecule has 0 fully saturated rings. The third-order valence-electron chi connectivity index (χ3n) is 4.82. The second-order valence-corrected chi connectivity index (χ2v) is 6.01. The molecule has 0 amide bonds. The molecule has 2 aromatic carbocycles. The Morgan fingerprint density at radius 1 is 1.14 bits per heavy atom. The lowest BCUT2D eigenvalue weighted by atomic mass is 9.82. The zero-order chi connectivity index (χ0) is 14.4. The van der Waals surface area contributed by atoms with Gasteiger partial charge in [0.1, 0.15) is 0 Å². The quantitative estimate of drug-likeness (QED) is 0.735. The molecule has 3 heteroatoms. The van der Waals surface area contributed by atoms with Crippen molar-refractivity contribution in [1.82, 2.24) is 15.1 Å². The second-order valence-electron chi connectivity index (χ2n) is 6.01. The fourth-order valence-corrected chi connectivity index (χ4v) is 3.45. The fraction of sp³-hybridized carbons (Fsp3) is 0.278. The highest BCUT2D eigenvalue weighted by molar-refractivity contribution is 5.78. The molecule has 2 unspecified atom stereocenters. The van der Waals surface area contributed by atoms with Crippen LogP contribution in [0.15, 0.2) is 48.7 Å². The van der Waals surface area contributed by atoms with Crippen molar-refractivity contribution in [3.05, 3.63) is 65.4 Å². The molecule has 0 saturated heterocycles. The first kappa shape index (κ1) is 12.6. The summed E-state index contributed by atoms with van der Waals surface area (Å²) in [6.45, 7) is 3.34. The number of nitrogens with one attached hydrogen (secondary N) is 1. The van der Waals surface area contributed by atoms with Gasteiger partial charge in [-0.3, -0.25) is 10.00 Å². The number of nitrogens with zero attached hydrogens (tertiary/aromatic N) is 2. The molecule has 106 valence electrons. The summed E-state index contributed by atoms with van der Waals surface area (Å²) in [5.41, 5.74) is 5.38. The summed E-state index contributed by atoms with van der Waals surface area (Å²) in [7, 11) is 2.21. The summed E-state index contributed by atoms with van der Waals surface area (Å²) in [4.78, 5) is 2.44. The van der Waals surface area contributed by atoms with E-state index < -0.39 is 0 Å². The third-order valence-corrected chi connectivity index (χ3v) is 4.82. The molecular weight excluding hydrogens is 258 g/mol. The average Bonchev–Trinajstić information content (AvgIpc) is 2.98. The molecule has 1 N–H and O–H groups in total. The van der Waals surface area contributed by atoms with Crippen LogP contribution in [-0.2, 0) is 0 Å². The lowest BCUT2D eigenvalue weighted by molar-refractivity contribution is 0.234. The van der Waals surface area contributed by atoms with Gasteiger partial charge in [-0.05, 0) is 42.8 Å². The monoisotopic (exact) mass is 277 g/mol. The largest absolute Gasteiger partial charge is 0.299 e. The maximum atomic E-state index is 4.12. The summed E-state index contributed by atoms with van der Waals surface area (Å²) in [5, 5.41) is 8.33. The predicted octanol–water partition coefficient (Wildman–Crippen LogP) is 3.70. The third kappa shape index (κ3) is 1.96. The minimum atomic E-state index is 0.432. The van der Waals surface area contributed by atoms with Crippen molar-refractivity contribution in [2.45, 2.75) is 18.9 Å². The highest BCUT2D eigenvalue weighted by Gasteiger charge is 2.29. The SMILES string of the molecule is CC1c2ccccc2C(c2ccc3[nH]ncc3c2)CN1C. The van der Waals surface area contributed by atoms with Crippen LogP contribution in [-0.4, -0.2) is 28.7 Å². The molecular formula is C18H19N3. The second kappa shape index (κ2) is 4.71. The lowest BCUT2D eigenvalue weighted by Gasteiger charge is -2.37. The zero-order valence-corrected chi connectivity index (χ0v) is 12.4. The van der Waals surface area contributed by atoms with Gasteiger partial charge in [0, 0.05) is 23.9 Å². The topological polar surface area (TPSA) is 31.9 Å². The summed E-state index contributed by atoms with van der Waals surface area (Å²) >= 11 is 0. The Bertz CT molecular complexity index is 790. The molecule has 1 aliphatic rings. The standard InChI is InChI=1S/C18H19N3/c1-12-15-5-3-4-6-16(15)17(11-21(12)2)13-7-8-18-14(9-13)10-19-20-18/h3-10,12,17H,11H2,1-2H3,(H,19,20). The number of hydrogen-bond donors (Lipinski definition) is 1. The number of rotatable bonds is 1. The Morgan fingerprint density at radius 2 is 1.95 bits per heavy atom. The van der Waals surface area contributed by atoms with E-state index in [2.05, 4.69) is 71.5 Å². The van der Waals surface area contributed by atoms with Crippen LogP contribution in [0.5, 0.6) is 0 Å². The van der Waals surface area contributed by atoms with Gasteiger partial charge < -0.3 is 0 Å². The molecule has 2 atom stereocenters. The number of likely N-dealkylation sites (N-methyl/N-ethyl adjacent to an activating group) is 1. The molecule has 3 aromatic rings. The van der Waals surface area contributed by atoms with Crippen molar-refractivity contribution >= 4 is 10.9 Å². The number of hydrogen-bond acceptors (Lipinski definition) is 2.